The number of nitrogens with two attached hydrogens (primary N) is 2. The average molecular weight is 297 g/mol. The Labute approximate surface area is 121 Å². The highest BCUT2D eigenvalue weighted by Crippen LogP contribution is 2.31. The first-order valence-electron chi connectivity index (χ1n) is 7.12. The standard InChI is InChI=1S/C14H23N3O2S/c15-10-11-17(12-6-2-1-3-7-12)13-8-4-5-9-14(13)20(16,18)19/h4-5,8-9,12H,1-3,6-7,10-11,15H2,(H2,16,18,19). The van der Waals surface area contributed by atoms with Crippen molar-refractivity contribution in [1.82, 2.24) is 0 Å². The second-order valence-corrected chi connectivity index (χ2v) is 6.82. The lowest BCUT2D eigenvalue weighted by Gasteiger charge is -2.36. The number of hydrogen-bond donors (Lipinski definition) is 2. The minimum absolute atomic E-state index is 0.194. The molecular weight excluding hydrogens is 274 g/mol. The number of hydrogen-bond acceptors (Lipinski definition) is 4. The molecule has 1 saturated carbocycles. The minimum Gasteiger partial charge on any atom is -0.366 e. The number of benzene rings is 1. The third-order valence-electron chi connectivity index (χ3n) is 3.87. The van der Waals surface area contributed by atoms with Crippen LogP contribution in [0.5, 0.6) is 0 Å². The lowest BCUT2D eigenvalue weighted by atomic mass is 9.93. The summed E-state index contributed by atoms with van der Waals surface area (Å²) in [6, 6.07) is 7.29. The summed E-state index contributed by atoms with van der Waals surface area (Å²) in [7, 11) is -3.72. The summed E-state index contributed by atoms with van der Waals surface area (Å²) in [5.74, 6) is 0. The van der Waals surface area contributed by atoms with Gasteiger partial charge in [0.25, 0.3) is 0 Å². The second-order valence-electron chi connectivity index (χ2n) is 5.29. The van der Waals surface area contributed by atoms with Crippen LogP contribution in [-0.4, -0.2) is 27.5 Å². The molecule has 0 spiro atoms. The summed E-state index contributed by atoms with van der Waals surface area (Å²) in [5.41, 5.74) is 6.40. The highest BCUT2D eigenvalue weighted by atomic mass is 32.2. The van der Waals surface area contributed by atoms with Crippen LogP contribution < -0.4 is 15.8 Å². The van der Waals surface area contributed by atoms with Crippen molar-refractivity contribution in [2.45, 2.75) is 43.0 Å². The number of primary sulfonamides is 1. The van der Waals surface area contributed by atoms with E-state index in [0.29, 0.717) is 24.8 Å². The molecule has 2 rings (SSSR count). The molecule has 1 aliphatic carbocycles. The molecule has 5 nitrogen and oxygen atoms in total. The summed E-state index contributed by atoms with van der Waals surface area (Å²) in [5, 5.41) is 5.34. The molecule has 0 unspecified atom stereocenters. The summed E-state index contributed by atoms with van der Waals surface area (Å²) >= 11 is 0. The van der Waals surface area contributed by atoms with E-state index in [1.54, 1.807) is 12.1 Å². The normalized spacial score (nSPS) is 17.1. The average Bonchev–Trinajstić information content (AvgIpc) is 2.45. The fourth-order valence-electron chi connectivity index (χ4n) is 2.97. The van der Waals surface area contributed by atoms with Crippen LogP contribution in [0.25, 0.3) is 0 Å². The number of para-hydroxylation sites is 1. The fraction of sp³-hybridized carbons (Fsp3) is 0.571. The predicted octanol–water partition coefficient (Wildman–Crippen LogP) is 1.43. The first-order chi connectivity index (χ1) is 9.54. The van der Waals surface area contributed by atoms with Crippen molar-refractivity contribution >= 4 is 15.7 Å². The Bertz CT molecular complexity index is 539. The van der Waals surface area contributed by atoms with Crippen LogP contribution in [0.2, 0.25) is 0 Å². The maximum Gasteiger partial charge on any atom is 0.240 e. The molecule has 0 amide bonds. The van der Waals surface area contributed by atoms with E-state index < -0.39 is 10.0 Å². The van der Waals surface area contributed by atoms with Crippen LogP contribution in [0.15, 0.2) is 29.2 Å². The van der Waals surface area contributed by atoms with Crippen molar-refractivity contribution < 1.29 is 8.42 Å². The Morgan fingerprint density at radius 1 is 1.15 bits per heavy atom. The highest BCUT2D eigenvalue weighted by Gasteiger charge is 2.25. The summed E-state index contributed by atoms with van der Waals surface area (Å²) in [4.78, 5) is 2.32. The third-order valence-corrected chi connectivity index (χ3v) is 4.82. The van der Waals surface area contributed by atoms with E-state index in [2.05, 4.69) is 4.90 Å². The summed E-state index contributed by atoms with van der Waals surface area (Å²) in [6.07, 6.45) is 5.79. The SMILES string of the molecule is NCCN(c1ccccc1S(N)(=O)=O)C1CCCCC1. The fourth-order valence-corrected chi connectivity index (χ4v) is 3.71. The van der Waals surface area contributed by atoms with E-state index in [-0.39, 0.29) is 4.90 Å². The summed E-state index contributed by atoms with van der Waals surface area (Å²) in [6.45, 7) is 1.15. The third kappa shape index (κ3) is 3.50. The van der Waals surface area contributed by atoms with Crippen LogP contribution in [0.4, 0.5) is 5.69 Å². The molecule has 0 bridgehead atoms. The van der Waals surface area contributed by atoms with Gasteiger partial charge in [0, 0.05) is 19.1 Å². The molecule has 0 radical (unpaired) electrons. The highest BCUT2D eigenvalue weighted by molar-refractivity contribution is 7.89. The van der Waals surface area contributed by atoms with Crippen molar-refractivity contribution in [3.05, 3.63) is 24.3 Å². The number of anilines is 1. The van der Waals surface area contributed by atoms with Gasteiger partial charge in [-0.05, 0) is 25.0 Å². The number of rotatable bonds is 5. The zero-order chi connectivity index (χ0) is 14.6. The molecule has 1 aromatic rings. The Morgan fingerprint density at radius 3 is 2.40 bits per heavy atom. The van der Waals surface area contributed by atoms with Gasteiger partial charge in [-0.3, -0.25) is 0 Å². The predicted molar refractivity (Wildman–Crippen MR) is 81.1 cm³/mol. The van der Waals surface area contributed by atoms with Crippen molar-refractivity contribution in [2.24, 2.45) is 10.9 Å². The van der Waals surface area contributed by atoms with Gasteiger partial charge in [-0.25, -0.2) is 13.6 Å². The van der Waals surface area contributed by atoms with Gasteiger partial charge in [0.1, 0.15) is 4.90 Å². The topological polar surface area (TPSA) is 89.4 Å². The molecular formula is C14H23N3O2S. The molecule has 0 saturated heterocycles. The number of nitrogens with zero attached hydrogens (tertiary/aromatic N) is 1. The van der Waals surface area contributed by atoms with Crippen molar-refractivity contribution in [2.75, 3.05) is 18.0 Å². The quantitative estimate of drug-likeness (QED) is 0.860. The van der Waals surface area contributed by atoms with Gasteiger partial charge in [0.15, 0.2) is 0 Å². The molecule has 1 aromatic carbocycles. The van der Waals surface area contributed by atoms with Crippen LogP contribution >= 0.6 is 0 Å². The van der Waals surface area contributed by atoms with Gasteiger partial charge in [-0.2, -0.15) is 0 Å². The van der Waals surface area contributed by atoms with Crippen molar-refractivity contribution in [3.63, 3.8) is 0 Å². The van der Waals surface area contributed by atoms with E-state index in [0.717, 1.165) is 12.8 Å². The molecule has 4 N–H and O–H groups in total. The van der Waals surface area contributed by atoms with Gasteiger partial charge >= 0.3 is 0 Å². The van der Waals surface area contributed by atoms with E-state index in [4.69, 9.17) is 10.9 Å². The molecule has 20 heavy (non-hydrogen) atoms. The van der Waals surface area contributed by atoms with Gasteiger partial charge < -0.3 is 10.6 Å². The lowest BCUT2D eigenvalue weighted by Crippen LogP contribution is -2.41. The smallest absolute Gasteiger partial charge is 0.240 e. The lowest BCUT2D eigenvalue weighted by molar-refractivity contribution is 0.414. The first-order valence-corrected chi connectivity index (χ1v) is 8.67. The van der Waals surface area contributed by atoms with Crippen LogP contribution in [0, 0.1) is 0 Å². The van der Waals surface area contributed by atoms with Crippen molar-refractivity contribution in [1.29, 1.82) is 0 Å². The maximum atomic E-state index is 11.8. The molecule has 0 atom stereocenters. The zero-order valence-electron chi connectivity index (χ0n) is 11.7. The molecule has 0 aliphatic heterocycles. The number of sulfonamides is 1. The molecule has 0 heterocycles. The van der Waals surface area contributed by atoms with Crippen LogP contribution in [0.1, 0.15) is 32.1 Å². The zero-order valence-corrected chi connectivity index (χ0v) is 12.5. The van der Waals surface area contributed by atoms with Gasteiger partial charge in [-0.15, -0.1) is 0 Å². The van der Waals surface area contributed by atoms with E-state index in [1.165, 1.54) is 19.3 Å². The maximum absolute atomic E-state index is 11.8. The van der Waals surface area contributed by atoms with E-state index >= 15 is 0 Å². The molecule has 1 fully saturated rings. The van der Waals surface area contributed by atoms with Crippen LogP contribution in [-0.2, 0) is 10.0 Å². The van der Waals surface area contributed by atoms with E-state index in [1.807, 2.05) is 12.1 Å². The molecule has 1 aliphatic rings. The van der Waals surface area contributed by atoms with E-state index in [9.17, 15) is 8.42 Å². The van der Waals surface area contributed by atoms with Crippen LogP contribution in [0.3, 0.4) is 0 Å². The Balaban J connectivity index is 2.38. The Morgan fingerprint density at radius 2 is 1.80 bits per heavy atom. The largest absolute Gasteiger partial charge is 0.366 e. The second kappa shape index (κ2) is 6.56. The van der Waals surface area contributed by atoms with Gasteiger partial charge in [-0.1, -0.05) is 31.4 Å². The van der Waals surface area contributed by atoms with Gasteiger partial charge in [0.05, 0.1) is 5.69 Å². The Hall–Kier alpha value is -1.11. The Kier molecular flexibility index (Phi) is 5.01. The molecule has 112 valence electrons. The monoisotopic (exact) mass is 297 g/mol. The van der Waals surface area contributed by atoms with Crippen molar-refractivity contribution in [3.8, 4) is 0 Å². The minimum atomic E-state index is -3.72. The molecule has 6 heteroatoms. The van der Waals surface area contributed by atoms with Gasteiger partial charge in [0.2, 0.25) is 10.0 Å². The first kappa shape index (κ1) is 15.3. The summed E-state index contributed by atoms with van der Waals surface area (Å²) < 4.78 is 23.5. The molecule has 0 aromatic heterocycles.